The lowest BCUT2D eigenvalue weighted by atomic mass is 10.2. The van der Waals surface area contributed by atoms with E-state index in [1.165, 1.54) is 5.56 Å². The van der Waals surface area contributed by atoms with Crippen LogP contribution in [0.2, 0.25) is 0 Å². The lowest BCUT2D eigenvalue weighted by Gasteiger charge is -2.35. The fourth-order valence-corrected chi connectivity index (χ4v) is 3.46. The summed E-state index contributed by atoms with van der Waals surface area (Å²) in [6.45, 7) is 10.4. The second-order valence-corrected chi connectivity index (χ2v) is 6.98. The van der Waals surface area contributed by atoms with Crippen LogP contribution in [0.25, 0.3) is 6.08 Å². The molecule has 1 saturated heterocycles. The van der Waals surface area contributed by atoms with Gasteiger partial charge in [-0.05, 0) is 31.5 Å². The quantitative estimate of drug-likeness (QED) is 0.740. The molecule has 1 aromatic carbocycles. The van der Waals surface area contributed by atoms with Crippen LogP contribution in [-0.4, -0.2) is 66.5 Å². The van der Waals surface area contributed by atoms with Crippen LogP contribution >= 0.6 is 0 Å². The number of hydrogen-bond acceptors (Lipinski definition) is 4. The smallest absolute Gasteiger partial charge is 0.272 e. The van der Waals surface area contributed by atoms with Crippen molar-refractivity contribution < 1.29 is 4.79 Å². The number of amides is 1. The van der Waals surface area contributed by atoms with E-state index in [1.54, 1.807) is 4.90 Å². The molecule has 28 heavy (non-hydrogen) atoms. The minimum Gasteiger partial charge on any atom is -0.368 e. The molecule has 3 rings (SSSR count). The first-order chi connectivity index (χ1) is 13.7. The first-order valence-electron chi connectivity index (χ1n) is 10.2. The summed E-state index contributed by atoms with van der Waals surface area (Å²) in [6, 6.07) is 14.3. The highest BCUT2D eigenvalue weighted by Gasteiger charge is 2.18. The molecule has 5 heteroatoms. The van der Waals surface area contributed by atoms with Crippen LogP contribution in [0.5, 0.6) is 0 Å². The molecule has 2 aromatic rings. The molecular weight excluding hydrogens is 348 g/mol. The molecule has 1 fully saturated rings. The SMILES string of the molecule is CCN(CC)C(=O)c1ccc(N2CCN(C/C=C/c3ccccc3)CC2)cn1. The third-order valence-corrected chi connectivity index (χ3v) is 5.23. The van der Waals surface area contributed by atoms with E-state index >= 15 is 0 Å². The summed E-state index contributed by atoms with van der Waals surface area (Å²) in [6.07, 6.45) is 6.25. The Morgan fingerprint density at radius 3 is 2.36 bits per heavy atom. The van der Waals surface area contributed by atoms with Crippen molar-refractivity contribution in [1.29, 1.82) is 0 Å². The molecular formula is C23H30N4O. The van der Waals surface area contributed by atoms with Gasteiger partial charge in [0.1, 0.15) is 5.69 Å². The Morgan fingerprint density at radius 2 is 1.75 bits per heavy atom. The van der Waals surface area contributed by atoms with E-state index < -0.39 is 0 Å². The molecule has 5 nitrogen and oxygen atoms in total. The van der Waals surface area contributed by atoms with Gasteiger partial charge in [-0.25, -0.2) is 4.98 Å². The lowest BCUT2D eigenvalue weighted by molar-refractivity contribution is 0.0767. The molecule has 1 aliphatic heterocycles. The standard InChI is InChI=1S/C23H30N4O/c1-3-26(4-2)23(28)22-13-12-21(19-24-22)27-17-15-25(16-18-27)14-8-11-20-9-6-5-7-10-20/h5-13,19H,3-4,14-18H2,1-2H3/b11-8+. The molecule has 0 aliphatic carbocycles. The maximum Gasteiger partial charge on any atom is 0.272 e. The first kappa shape index (κ1) is 20.1. The van der Waals surface area contributed by atoms with Gasteiger partial charge in [0.25, 0.3) is 5.91 Å². The molecule has 0 spiro atoms. The van der Waals surface area contributed by atoms with E-state index in [0.29, 0.717) is 18.8 Å². The Kier molecular flexibility index (Phi) is 7.20. The summed E-state index contributed by atoms with van der Waals surface area (Å²) in [5, 5.41) is 0. The number of piperazine rings is 1. The van der Waals surface area contributed by atoms with E-state index in [4.69, 9.17) is 0 Å². The largest absolute Gasteiger partial charge is 0.368 e. The van der Waals surface area contributed by atoms with E-state index in [1.807, 2.05) is 38.2 Å². The fourth-order valence-electron chi connectivity index (χ4n) is 3.46. The van der Waals surface area contributed by atoms with Gasteiger partial charge in [-0.2, -0.15) is 0 Å². The molecule has 0 bridgehead atoms. The number of anilines is 1. The van der Waals surface area contributed by atoms with Crippen molar-refractivity contribution in [1.82, 2.24) is 14.8 Å². The van der Waals surface area contributed by atoms with Crippen LogP contribution < -0.4 is 4.90 Å². The first-order valence-corrected chi connectivity index (χ1v) is 10.2. The Morgan fingerprint density at radius 1 is 1.04 bits per heavy atom. The minimum atomic E-state index is 0.00609. The number of benzene rings is 1. The molecule has 0 saturated carbocycles. The molecule has 2 heterocycles. The summed E-state index contributed by atoms with van der Waals surface area (Å²) >= 11 is 0. The molecule has 1 aliphatic rings. The highest BCUT2D eigenvalue weighted by Crippen LogP contribution is 2.16. The predicted octanol–water partition coefficient (Wildman–Crippen LogP) is 3.40. The van der Waals surface area contributed by atoms with Crippen molar-refractivity contribution in [3.63, 3.8) is 0 Å². The predicted molar refractivity (Wildman–Crippen MR) is 116 cm³/mol. The van der Waals surface area contributed by atoms with Crippen molar-refractivity contribution in [3.05, 3.63) is 66.0 Å². The van der Waals surface area contributed by atoms with Crippen LogP contribution in [0, 0.1) is 0 Å². The van der Waals surface area contributed by atoms with Crippen molar-refractivity contribution in [2.75, 3.05) is 50.7 Å². The number of rotatable bonds is 7. The average molecular weight is 379 g/mol. The zero-order valence-electron chi connectivity index (χ0n) is 16.9. The Labute approximate surface area is 168 Å². The van der Waals surface area contributed by atoms with Crippen molar-refractivity contribution in [2.45, 2.75) is 13.8 Å². The highest BCUT2D eigenvalue weighted by molar-refractivity contribution is 5.92. The number of pyridine rings is 1. The van der Waals surface area contributed by atoms with Crippen LogP contribution in [0.3, 0.4) is 0 Å². The van der Waals surface area contributed by atoms with Gasteiger partial charge >= 0.3 is 0 Å². The van der Waals surface area contributed by atoms with Crippen LogP contribution in [0.1, 0.15) is 29.9 Å². The van der Waals surface area contributed by atoms with Gasteiger partial charge in [0.15, 0.2) is 0 Å². The molecule has 0 atom stereocenters. The Hall–Kier alpha value is -2.66. The van der Waals surface area contributed by atoms with Gasteiger partial charge < -0.3 is 9.80 Å². The van der Waals surface area contributed by atoms with Gasteiger partial charge in [0, 0.05) is 45.8 Å². The molecule has 0 radical (unpaired) electrons. The molecule has 0 unspecified atom stereocenters. The zero-order chi connectivity index (χ0) is 19.8. The Balaban J connectivity index is 1.49. The van der Waals surface area contributed by atoms with Gasteiger partial charge in [0.05, 0.1) is 11.9 Å². The third-order valence-electron chi connectivity index (χ3n) is 5.23. The molecule has 1 amide bonds. The fraction of sp³-hybridized carbons (Fsp3) is 0.391. The van der Waals surface area contributed by atoms with E-state index in [0.717, 1.165) is 38.4 Å². The van der Waals surface area contributed by atoms with Gasteiger partial charge in [-0.15, -0.1) is 0 Å². The summed E-state index contributed by atoms with van der Waals surface area (Å²) in [5.74, 6) is 0.00609. The van der Waals surface area contributed by atoms with E-state index in [-0.39, 0.29) is 5.91 Å². The van der Waals surface area contributed by atoms with Crippen molar-refractivity contribution in [3.8, 4) is 0 Å². The topological polar surface area (TPSA) is 39.7 Å². The van der Waals surface area contributed by atoms with E-state index in [9.17, 15) is 4.79 Å². The maximum absolute atomic E-state index is 12.4. The normalized spacial score (nSPS) is 15.1. The third kappa shape index (κ3) is 5.20. The molecule has 148 valence electrons. The summed E-state index contributed by atoms with van der Waals surface area (Å²) in [5.41, 5.74) is 2.86. The summed E-state index contributed by atoms with van der Waals surface area (Å²) in [4.78, 5) is 23.4. The second kappa shape index (κ2) is 10.0. The van der Waals surface area contributed by atoms with Gasteiger partial charge in [0.2, 0.25) is 0 Å². The van der Waals surface area contributed by atoms with Crippen molar-refractivity contribution >= 4 is 17.7 Å². The number of hydrogen-bond donors (Lipinski definition) is 0. The molecule has 1 aromatic heterocycles. The zero-order valence-corrected chi connectivity index (χ0v) is 16.9. The second-order valence-electron chi connectivity index (χ2n) is 6.98. The van der Waals surface area contributed by atoms with Crippen LogP contribution in [0.4, 0.5) is 5.69 Å². The Bertz CT molecular complexity index is 761. The number of nitrogens with zero attached hydrogens (tertiary/aromatic N) is 4. The van der Waals surface area contributed by atoms with Crippen LogP contribution in [-0.2, 0) is 0 Å². The number of carbonyl (C=O) groups excluding carboxylic acids is 1. The highest BCUT2D eigenvalue weighted by atomic mass is 16.2. The lowest BCUT2D eigenvalue weighted by Crippen LogP contribution is -2.46. The number of aromatic nitrogens is 1. The maximum atomic E-state index is 12.4. The van der Waals surface area contributed by atoms with E-state index in [2.05, 4.69) is 51.2 Å². The van der Waals surface area contributed by atoms with Crippen LogP contribution in [0.15, 0.2) is 54.7 Å². The van der Waals surface area contributed by atoms with Crippen molar-refractivity contribution in [2.24, 2.45) is 0 Å². The van der Waals surface area contributed by atoms with Gasteiger partial charge in [-0.3, -0.25) is 9.69 Å². The summed E-state index contributed by atoms with van der Waals surface area (Å²) < 4.78 is 0. The number of carbonyl (C=O) groups is 1. The molecule has 0 N–H and O–H groups in total. The minimum absolute atomic E-state index is 0.00609. The average Bonchev–Trinajstić information content (AvgIpc) is 2.76. The summed E-state index contributed by atoms with van der Waals surface area (Å²) in [7, 11) is 0. The monoisotopic (exact) mass is 378 g/mol. The van der Waals surface area contributed by atoms with Gasteiger partial charge in [-0.1, -0.05) is 42.5 Å².